The molecule has 554 valence electrons. The fourth-order valence-corrected chi connectivity index (χ4v) is 12.5. The second-order valence-electron chi connectivity index (χ2n) is 28.2. The largest absolute Gasteiger partial charge is 0.497 e. The number of halogens is 1. The Morgan fingerprint density at radius 3 is 1.96 bits per heavy atom. The molecule has 4 unspecified atom stereocenters. The number of benzene rings is 4. The van der Waals surface area contributed by atoms with Gasteiger partial charge in [-0.3, -0.25) is 52.7 Å². The first-order valence-corrected chi connectivity index (χ1v) is 34.7. The van der Waals surface area contributed by atoms with Gasteiger partial charge in [0.1, 0.15) is 65.5 Å². The van der Waals surface area contributed by atoms with Gasteiger partial charge in [0, 0.05) is 88.9 Å². The summed E-state index contributed by atoms with van der Waals surface area (Å²) in [7, 11) is 2.77. The zero-order valence-corrected chi connectivity index (χ0v) is 59.9. The molecule has 9 atom stereocenters. The molecule has 4 aliphatic rings. The number of H-pyrrole nitrogens is 1. The summed E-state index contributed by atoms with van der Waals surface area (Å²) < 4.78 is 32.4. The van der Waals surface area contributed by atoms with Crippen molar-refractivity contribution in [1.29, 1.82) is 0 Å². The standard InChI is InChI=1S/C74H96FN13O15/c1-42-64(92)85-57(41-80-72(100)103-74(6,7)8)66(94)82-54-35-47-13-11-14-48(33-47)39-79-60(89)27-26-58(87(9)70(98)56(83-65(54)93)36-49-40-77-53-25-22-50(75)37-52(49)53)68(96)86-63(43(2)102-73(3,4)5)69(97)84-55(34-45-20-23-51(101-10)24-21-45)71(99)88-32-12-15-59(88)67(95)76-31-30-44-16-18-46(19-17-44)38-78-61(90)28-29-62(91)81-42/h11,13-14,16-25,33,37,40,42-43,54-59,63,77H,12,15,26-32,34-36,38-39,41H2,1-10H3,(H,76,95)(H,78,90)(H,79,89)(H,80,100)(H,81,91)(H,82,94)(H,83,93)(H,84,97)(H,85,92)(H,86,96)/t42?,43?,54-,55-,56-,57+,58?,59?,63-/m0/s1. The highest BCUT2D eigenvalue weighted by atomic mass is 19.1. The van der Waals surface area contributed by atoms with Crippen molar-refractivity contribution in [2.24, 2.45) is 0 Å². The molecule has 1 saturated heterocycles. The molecule has 0 aliphatic carbocycles. The summed E-state index contributed by atoms with van der Waals surface area (Å²) in [6, 6.07) is 12.8. The first-order valence-electron chi connectivity index (χ1n) is 34.7. The van der Waals surface area contributed by atoms with Crippen LogP contribution in [0.25, 0.3) is 10.9 Å². The Balaban J connectivity index is 1.20. The van der Waals surface area contributed by atoms with Crippen LogP contribution in [0.4, 0.5) is 9.18 Å². The van der Waals surface area contributed by atoms with E-state index in [-0.39, 0.29) is 71.1 Å². The first kappa shape index (κ1) is 78.3. The molecule has 28 nitrogen and oxygen atoms in total. The first-order chi connectivity index (χ1) is 48.8. The molecule has 5 aromatic rings. The van der Waals surface area contributed by atoms with Gasteiger partial charge < -0.3 is 82.2 Å². The van der Waals surface area contributed by atoms with Gasteiger partial charge in [-0.15, -0.1) is 0 Å². The minimum Gasteiger partial charge on any atom is -0.497 e. The second-order valence-corrected chi connectivity index (χ2v) is 28.2. The van der Waals surface area contributed by atoms with E-state index < -0.39 is 149 Å². The molecule has 1 aromatic heterocycles. The van der Waals surface area contributed by atoms with E-state index in [2.05, 4.69) is 58.2 Å². The summed E-state index contributed by atoms with van der Waals surface area (Å²) in [6.07, 6.45) is -1.59. The molecule has 103 heavy (non-hydrogen) atoms. The minimum absolute atomic E-state index is 0.0705. The number of likely N-dealkylation sites (N-methyl/N-ethyl adjacent to an activating group) is 1. The molecule has 0 radical (unpaired) electrons. The predicted octanol–water partition coefficient (Wildman–Crippen LogP) is 3.00. The lowest BCUT2D eigenvalue weighted by Gasteiger charge is -2.35. The average Bonchev–Trinajstić information content (AvgIpc) is 1.76. The number of fused-ring (bicyclic) bond motifs is 26. The van der Waals surface area contributed by atoms with Crippen LogP contribution in [-0.4, -0.2) is 185 Å². The predicted molar refractivity (Wildman–Crippen MR) is 377 cm³/mol. The van der Waals surface area contributed by atoms with Crippen molar-refractivity contribution < 1.29 is 76.1 Å². The van der Waals surface area contributed by atoms with Gasteiger partial charge in [0.05, 0.1) is 25.4 Å². The van der Waals surface area contributed by atoms with Crippen LogP contribution >= 0.6 is 0 Å². The molecule has 1 fully saturated rings. The van der Waals surface area contributed by atoms with Gasteiger partial charge in [0.15, 0.2) is 0 Å². The number of amides is 12. The molecule has 6 bridgehead atoms. The Labute approximate surface area is 597 Å². The van der Waals surface area contributed by atoms with Gasteiger partial charge in [-0.05, 0) is 145 Å². The average molecular weight is 1430 g/mol. The highest BCUT2D eigenvalue weighted by Crippen LogP contribution is 2.25. The third-order valence-corrected chi connectivity index (χ3v) is 17.8. The topological polar surface area (TPSA) is 375 Å². The quantitative estimate of drug-likeness (QED) is 0.0945. The smallest absolute Gasteiger partial charge is 0.407 e. The van der Waals surface area contributed by atoms with Crippen LogP contribution in [-0.2, 0) is 101 Å². The maximum atomic E-state index is 15.7. The summed E-state index contributed by atoms with van der Waals surface area (Å²) in [5, 5.41) is 27.7. The van der Waals surface area contributed by atoms with Crippen molar-refractivity contribution in [3.8, 4) is 5.75 Å². The number of carbonyl (C=O) groups is 12. The van der Waals surface area contributed by atoms with Gasteiger partial charge >= 0.3 is 6.09 Å². The maximum absolute atomic E-state index is 15.7. The van der Waals surface area contributed by atoms with Crippen molar-refractivity contribution in [1.82, 2.24) is 68.0 Å². The van der Waals surface area contributed by atoms with E-state index in [0.29, 0.717) is 58.2 Å². The lowest BCUT2D eigenvalue weighted by atomic mass is 9.99. The number of nitrogens with zero attached hydrogens (tertiary/aromatic N) is 2. The molecule has 9 rings (SSSR count). The van der Waals surface area contributed by atoms with Gasteiger partial charge in [0.2, 0.25) is 65.0 Å². The van der Waals surface area contributed by atoms with Crippen molar-refractivity contribution in [3.05, 3.63) is 136 Å². The zero-order chi connectivity index (χ0) is 74.9. The van der Waals surface area contributed by atoms with Crippen LogP contribution in [0.1, 0.15) is 127 Å². The summed E-state index contributed by atoms with van der Waals surface area (Å²) >= 11 is 0. The molecular weight excluding hydrogens is 1330 g/mol. The fraction of sp³-hybridized carbons (Fsp3) is 0.486. The van der Waals surface area contributed by atoms with E-state index in [0.717, 1.165) is 16.0 Å². The summed E-state index contributed by atoms with van der Waals surface area (Å²) in [4.78, 5) is 179. The second kappa shape index (κ2) is 35.4. The van der Waals surface area contributed by atoms with Crippen molar-refractivity contribution >= 4 is 82.0 Å². The third-order valence-electron chi connectivity index (χ3n) is 17.8. The van der Waals surface area contributed by atoms with E-state index in [1.165, 1.54) is 50.4 Å². The SMILES string of the molecule is COc1ccc(C[C@@H]2NC(=O)[C@H](C(C)OC(C)(C)C)NC(=O)C3CCC(=O)NCc4cccc(c4)C[C@H](NC(=O)[C@@H](CNC(=O)OC(C)(C)C)NC(=O)C(C)NC(=O)CCC(=O)NCc4ccc(cc4)CCNC(=O)C4CCCN4C2=O)C(=O)N[C@@H](Cc2c[nH]c4ccc(F)cc24)C(=O)N3C)cc1. The number of rotatable bonds is 9. The number of alkyl carbamates (subject to hydrolysis) is 1. The molecule has 11 N–H and O–H groups in total. The third kappa shape index (κ3) is 23.0. The zero-order valence-electron chi connectivity index (χ0n) is 59.9. The van der Waals surface area contributed by atoms with Crippen LogP contribution in [0, 0.1) is 5.82 Å². The van der Waals surface area contributed by atoms with E-state index >= 15 is 28.4 Å². The lowest BCUT2D eigenvalue weighted by molar-refractivity contribution is -0.146. The summed E-state index contributed by atoms with van der Waals surface area (Å²) in [5.41, 5.74) is 2.00. The van der Waals surface area contributed by atoms with Crippen LogP contribution in [0.15, 0.2) is 97.2 Å². The molecule has 12 amide bonds. The number of aromatic amines is 1. The number of hydrogen-bond acceptors (Lipinski definition) is 15. The molecule has 4 aromatic carbocycles. The fourth-order valence-electron chi connectivity index (χ4n) is 12.5. The van der Waals surface area contributed by atoms with Crippen LogP contribution in [0.5, 0.6) is 5.75 Å². The molecule has 0 spiro atoms. The Hall–Kier alpha value is -10.5. The monoisotopic (exact) mass is 1430 g/mol. The lowest BCUT2D eigenvalue weighted by Crippen LogP contribution is -2.63. The number of nitrogens with one attached hydrogen (secondary N) is 11. The van der Waals surface area contributed by atoms with E-state index in [1.807, 2.05) is 12.1 Å². The Morgan fingerprint density at radius 1 is 0.612 bits per heavy atom. The molecule has 0 saturated carbocycles. The van der Waals surface area contributed by atoms with Crippen molar-refractivity contribution in [2.75, 3.05) is 33.8 Å². The number of aromatic nitrogens is 1. The van der Waals surface area contributed by atoms with Gasteiger partial charge in [-0.2, -0.15) is 0 Å². The molecule has 5 heterocycles. The van der Waals surface area contributed by atoms with Crippen LogP contribution in [0.2, 0.25) is 0 Å². The van der Waals surface area contributed by atoms with Crippen molar-refractivity contribution in [3.63, 3.8) is 0 Å². The highest BCUT2D eigenvalue weighted by Gasteiger charge is 2.42. The van der Waals surface area contributed by atoms with E-state index in [1.54, 1.807) is 109 Å². The van der Waals surface area contributed by atoms with E-state index in [9.17, 15) is 33.6 Å². The van der Waals surface area contributed by atoms with E-state index in [4.69, 9.17) is 14.2 Å². The Bertz CT molecular complexity index is 3910. The van der Waals surface area contributed by atoms with Crippen LogP contribution < -0.4 is 57.9 Å². The van der Waals surface area contributed by atoms with Crippen LogP contribution in [0.3, 0.4) is 0 Å². The number of methoxy groups -OCH3 is 1. The molecule has 4 aliphatic heterocycles. The van der Waals surface area contributed by atoms with Gasteiger partial charge in [0.25, 0.3) is 0 Å². The molecular formula is C74H96FN13O15. The molecule has 29 heteroatoms. The van der Waals surface area contributed by atoms with Crippen molar-refractivity contribution in [2.45, 2.75) is 198 Å². The normalized spacial score (nSPS) is 23.1. The summed E-state index contributed by atoms with van der Waals surface area (Å²) in [6.45, 7) is 12.7. The number of carbonyl (C=O) groups excluding carboxylic acids is 12. The highest BCUT2D eigenvalue weighted by molar-refractivity contribution is 5.99. The maximum Gasteiger partial charge on any atom is 0.407 e. The number of ether oxygens (including phenoxy) is 3. The Morgan fingerprint density at radius 2 is 1.26 bits per heavy atom. The minimum atomic E-state index is -1.69. The Kier molecular flexibility index (Phi) is 26.9. The summed E-state index contributed by atoms with van der Waals surface area (Å²) in [5.74, 6) is -8.56. The van der Waals surface area contributed by atoms with Gasteiger partial charge in [-0.1, -0.05) is 60.7 Å². The van der Waals surface area contributed by atoms with Gasteiger partial charge in [-0.25, -0.2) is 9.18 Å². The number of hydrogen-bond donors (Lipinski definition) is 11.